The van der Waals surface area contributed by atoms with Gasteiger partial charge in [-0.1, -0.05) is 35.9 Å². The van der Waals surface area contributed by atoms with Crippen LogP contribution in [0.3, 0.4) is 0 Å². The Morgan fingerprint density at radius 2 is 2.00 bits per heavy atom. The summed E-state index contributed by atoms with van der Waals surface area (Å²) in [4.78, 5) is 24.1. The molecule has 0 aliphatic heterocycles. The molecule has 0 fully saturated rings. The standard InChI is InChI=1S/C17H19I2O7S.Rh/c1-4-8-17(3,19)14(10-27(22,23)24)26-16(21)12-9-11(18)6-7-13(12)25-15(20)5-2;/h6-7,9,14H,2,4,8,10H2,1,3H3,(H,22,23,24);/q-1;. The van der Waals surface area contributed by atoms with E-state index in [2.05, 4.69) is 6.58 Å². The summed E-state index contributed by atoms with van der Waals surface area (Å²) in [5.41, 5.74) is -0.0467. The Labute approximate surface area is 204 Å². The molecule has 2 atom stereocenters. The maximum atomic E-state index is 12.7. The fourth-order valence-electron chi connectivity index (χ4n) is 2.25. The van der Waals surface area contributed by atoms with Crippen LogP contribution in [0.5, 0.6) is 5.75 Å². The second kappa shape index (κ2) is 11.9. The van der Waals surface area contributed by atoms with E-state index in [1.165, 1.54) is 12.1 Å². The summed E-state index contributed by atoms with van der Waals surface area (Å²) < 4.78 is 42.4. The number of ether oxygens (including phenoxy) is 2. The van der Waals surface area contributed by atoms with Crippen molar-refractivity contribution in [3.05, 3.63) is 40.0 Å². The van der Waals surface area contributed by atoms with Gasteiger partial charge < -0.3 is 15.5 Å². The number of halogens is 2. The van der Waals surface area contributed by atoms with Crippen LogP contribution >= 0.6 is 45.2 Å². The summed E-state index contributed by atoms with van der Waals surface area (Å²) in [5.74, 6) is -2.53. The zero-order valence-corrected chi connectivity index (χ0v) is 21.8. The Morgan fingerprint density at radius 1 is 1.39 bits per heavy atom. The Bertz CT molecular complexity index is 825. The van der Waals surface area contributed by atoms with Crippen molar-refractivity contribution in [3.8, 4) is 5.75 Å². The fourth-order valence-corrected chi connectivity index (χ4v) is 4.75. The third-order valence-electron chi connectivity index (χ3n) is 3.53. The van der Waals surface area contributed by atoms with Gasteiger partial charge in [-0.25, -0.2) is 4.79 Å². The van der Waals surface area contributed by atoms with E-state index in [1.54, 1.807) is 13.0 Å². The van der Waals surface area contributed by atoms with Crippen LogP contribution in [0.15, 0.2) is 24.8 Å². The molecule has 1 radical (unpaired) electrons. The van der Waals surface area contributed by atoms with Gasteiger partial charge in [-0.05, 0) is 54.1 Å². The summed E-state index contributed by atoms with van der Waals surface area (Å²) in [6.45, 7) is 6.83. The third-order valence-corrected chi connectivity index (χ3v) is 6.16. The number of esters is 2. The maximum absolute atomic E-state index is 12.7. The van der Waals surface area contributed by atoms with Gasteiger partial charge in [0.2, 0.25) is 0 Å². The second-order valence-corrected chi connectivity index (χ2v) is 11.1. The second-order valence-electron chi connectivity index (χ2n) is 5.88. The molecule has 0 aliphatic rings. The molecule has 28 heavy (non-hydrogen) atoms. The van der Waals surface area contributed by atoms with E-state index in [0.29, 0.717) is 9.99 Å². The Kier molecular flexibility index (Phi) is 11.9. The van der Waals surface area contributed by atoms with Crippen LogP contribution in [0, 0.1) is 9.65 Å². The van der Waals surface area contributed by atoms with E-state index in [9.17, 15) is 22.6 Å². The summed E-state index contributed by atoms with van der Waals surface area (Å²) in [5, 5.41) is 0. The Balaban J connectivity index is 0.00000729. The van der Waals surface area contributed by atoms with Gasteiger partial charge >= 0.3 is 5.97 Å². The molecule has 0 bridgehead atoms. The van der Waals surface area contributed by atoms with Gasteiger partial charge in [0, 0.05) is 23.0 Å². The monoisotopic (exact) mass is 724 g/mol. The van der Waals surface area contributed by atoms with Crippen molar-refractivity contribution >= 4 is 67.2 Å². The molecule has 1 aromatic carbocycles. The molecule has 0 aliphatic carbocycles. The minimum absolute atomic E-state index is 0. The number of carbonyl (C=O) groups is 2. The van der Waals surface area contributed by atoms with E-state index in [1.807, 2.05) is 58.2 Å². The van der Waals surface area contributed by atoms with Gasteiger partial charge in [0.15, 0.2) is 5.97 Å². The molecule has 0 spiro atoms. The summed E-state index contributed by atoms with van der Waals surface area (Å²) in [6, 6.07) is 4.49. The number of hydrogen-bond acceptors (Lipinski definition) is 6. The number of alkyl halides is 1. The van der Waals surface area contributed by atoms with E-state index in [0.717, 1.165) is 6.42 Å². The molecule has 0 aromatic heterocycles. The van der Waals surface area contributed by atoms with Crippen molar-refractivity contribution < 1.29 is 51.5 Å². The van der Waals surface area contributed by atoms with Gasteiger partial charge in [0.1, 0.15) is 23.2 Å². The van der Waals surface area contributed by atoms with Crippen LogP contribution in [0.2, 0.25) is 0 Å². The normalized spacial score (nSPS) is 14.2. The SMILES string of the molecule is C=[C-]C(=O)Oc1ccc(I)cc1C(=O)OC(CS(=O)(=O)O)C(C)(I)CCC.[Rh]. The first-order chi connectivity index (χ1) is 12.4. The largest absolute Gasteiger partial charge is 0.456 e. The van der Waals surface area contributed by atoms with Crippen LogP contribution in [-0.4, -0.2) is 40.2 Å². The molecule has 7 nitrogen and oxygen atoms in total. The summed E-state index contributed by atoms with van der Waals surface area (Å²) in [6.07, 6.45) is 2.20. The van der Waals surface area contributed by atoms with Gasteiger partial charge in [-0.15, -0.1) is 0 Å². The quantitative estimate of drug-likeness (QED) is 0.0607. The molecule has 159 valence electrons. The van der Waals surface area contributed by atoms with Gasteiger partial charge in [0.25, 0.3) is 10.1 Å². The molecule has 0 saturated heterocycles. The first kappa shape index (κ1) is 27.9. The van der Waals surface area contributed by atoms with Gasteiger partial charge in [0.05, 0.1) is 3.42 Å². The molecule has 11 heteroatoms. The van der Waals surface area contributed by atoms with Gasteiger partial charge in [-0.2, -0.15) is 8.42 Å². The maximum Gasteiger partial charge on any atom is 0.342 e. The number of benzene rings is 1. The molecule has 0 amide bonds. The van der Waals surface area contributed by atoms with Crippen LogP contribution < -0.4 is 4.74 Å². The molecular weight excluding hydrogens is 705 g/mol. The van der Waals surface area contributed by atoms with E-state index in [4.69, 9.17) is 9.47 Å². The predicted octanol–water partition coefficient (Wildman–Crippen LogP) is 3.59. The Morgan fingerprint density at radius 3 is 2.50 bits per heavy atom. The molecular formula is C17H19I2O7RhS-. The van der Waals surface area contributed by atoms with Crippen LogP contribution in [0.25, 0.3) is 0 Å². The number of carbonyl (C=O) groups excluding carboxylic acids is 2. The zero-order chi connectivity index (χ0) is 20.8. The minimum Gasteiger partial charge on any atom is -0.456 e. The van der Waals surface area contributed by atoms with E-state index >= 15 is 0 Å². The first-order valence-electron chi connectivity index (χ1n) is 7.79. The van der Waals surface area contributed by atoms with Crippen molar-refractivity contribution in [1.29, 1.82) is 0 Å². The van der Waals surface area contributed by atoms with Crippen LogP contribution in [-0.2, 0) is 39.1 Å². The summed E-state index contributed by atoms with van der Waals surface area (Å²) >= 11 is 3.98. The smallest absolute Gasteiger partial charge is 0.342 e. The molecule has 0 heterocycles. The molecule has 0 saturated carbocycles. The van der Waals surface area contributed by atoms with Crippen molar-refractivity contribution in [2.24, 2.45) is 0 Å². The average molecular weight is 724 g/mol. The predicted molar refractivity (Wildman–Crippen MR) is 117 cm³/mol. The van der Waals surface area contributed by atoms with Crippen molar-refractivity contribution in [2.75, 3.05) is 5.75 Å². The van der Waals surface area contributed by atoms with Gasteiger partial charge in [-0.3, -0.25) is 15.9 Å². The topological polar surface area (TPSA) is 107 Å². The van der Waals surface area contributed by atoms with Crippen molar-refractivity contribution in [1.82, 2.24) is 0 Å². The molecule has 1 N–H and O–H groups in total. The molecule has 1 aromatic rings. The Hall–Kier alpha value is -0.107. The molecule has 1 rings (SSSR count). The van der Waals surface area contributed by atoms with E-state index in [-0.39, 0.29) is 30.8 Å². The van der Waals surface area contributed by atoms with Crippen molar-refractivity contribution in [2.45, 2.75) is 36.2 Å². The first-order valence-corrected chi connectivity index (χ1v) is 11.6. The van der Waals surface area contributed by atoms with Crippen LogP contribution in [0.4, 0.5) is 0 Å². The number of rotatable bonds is 9. The fraction of sp³-hybridized carbons (Fsp3) is 0.412. The zero-order valence-electron chi connectivity index (χ0n) is 15.0. The number of hydrogen-bond donors (Lipinski definition) is 1. The minimum atomic E-state index is -4.38. The summed E-state index contributed by atoms with van der Waals surface area (Å²) in [7, 11) is -4.38. The van der Waals surface area contributed by atoms with E-state index < -0.39 is 37.3 Å². The van der Waals surface area contributed by atoms with Crippen molar-refractivity contribution in [3.63, 3.8) is 0 Å². The molecule has 2 unspecified atom stereocenters. The average Bonchev–Trinajstić information content (AvgIpc) is 2.54. The third kappa shape index (κ3) is 9.14. The van der Waals surface area contributed by atoms with Crippen LogP contribution in [0.1, 0.15) is 37.0 Å².